The molecular formula is C12H26N5O4P. The fourth-order valence-corrected chi connectivity index (χ4v) is 3.84. The SMILES string of the molecule is CCCNC(=O)C(N)(N[PH](=O)[C@H]1CCCNC1=O)C(O)CN. The van der Waals surface area contributed by atoms with Crippen LogP contribution in [0, 0.1) is 0 Å². The first-order valence-corrected chi connectivity index (χ1v) is 8.90. The van der Waals surface area contributed by atoms with Gasteiger partial charge in [-0.2, -0.15) is 0 Å². The zero-order valence-corrected chi connectivity index (χ0v) is 13.7. The molecule has 0 aromatic rings. The van der Waals surface area contributed by atoms with Crippen LogP contribution in [0.15, 0.2) is 0 Å². The van der Waals surface area contributed by atoms with Crippen LogP contribution in [0.25, 0.3) is 0 Å². The number of carbonyl (C=O) groups is 2. The van der Waals surface area contributed by atoms with Gasteiger partial charge in [-0.15, -0.1) is 0 Å². The summed E-state index contributed by atoms with van der Waals surface area (Å²) in [5, 5.41) is 17.6. The third-order valence-electron chi connectivity index (χ3n) is 3.59. The van der Waals surface area contributed by atoms with Crippen LogP contribution in [0.4, 0.5) is 0 Å². The second-order valence-corrected chi connectivity index (χ2v) is 7.03. The molecule has 0 aromatic heterocycles. The molecule has 22 heavy (non-hydrogen) atoms. The molecule has 8 N–H and O–H groups in total. The quantitative estimate of drug-likeness (QED) is 0.217. The Labute approximate surface area is 130 Å². The molecule has 0 saturated carbocycles. The second-order valence-electron chi connectivity index (χ2n) is 5.35. The number of rotatable bonds is 8. The molecule has 3 unspecified atom stereocenters. The van der Waals surface area contributed by atoms with E-state index in [2.05, 4.69) is 15.7 Å². The highest BCUT2D eigenvalue weighted by molar-refractivity contribution is 7.44. The Morgan fingerprint density at radius 2 is 2.32 bits per heavy atom. The van der Waals surface area contributed by atoms with Gasteiger partial charge in [-0.3, -0.25) is 9.59 Å². The molecule has 2 amide bonds. The summed E-state index contributed by atoms with van der Waals surface area (Å²) in [5.41, 5.74) is 8.58. The molecule has 128 valence electrons. The third kappa shape index (κ3) is 4.50. The monoisotopic (exact) mass is 335 g/mol. The van der Waals surface area contributed by atoms with Crippen molar-refractivity contribution < 1.29 is 19.3 Å². The number of amides is 2. The van der Waals surface area contributed by atoms with Gasteiger partial charge < -0.3 is 31.8 Å². The van der Waals surface area contributed by atoms with Gasteiger partial charge in [-0.25, -0.2) is 5.09 Å². The lowest BCUT2D eigenvalue weighted by molar-refractivity contribution is -0.131. The molecule has 1 heterocycles. The van der Waals surface area contributed by atoms with E-state index in [1.165, 1.54) is 0 Å². The van der Waals surface area contributed by atoms with Crippen molar-refractivity contribution in [3.8, 4) is 0 Å². The summed E-state index contributed by atoms with van der Waals surface area (Å²) in [6.07, 6.45) is 0.404. The molecule has 1 saturated heterocycles. The fraction of sp³-hybridized carbons (Fsp3) is 0.833. The van der Waals surface area contributed by atoms with E-state index in [0.29, 0.717) is 32.4 Å². The third-order valence-corrected chi connectivity index (χ3v) is 5.44. The number of aliphatic hydroxyl groups excluding tert-OH is 1. The molecule has 1 aliphatic heterocycles. The average molecular weight is 335 g/mol. The van der Waals surface area contributed by atoms with Crippen LogP contribution < -0.4 is 27.2 Å². The number of carbonyl (C=O) groups excluding carboxylic acids is 2. The summed E-state index contributed by atoms with van der Waals surface area (Å²) in [7, 11) is -2.73. The van der Waals surface area contributed by atoms with Gasteiger partial charge in [0.15, 0.2) is 5.66 Å². The number of aliphatic hydroxyl groups is 1. The first kappa shape index (κ1) is 19.1. The van der Waals surface area contributed by atoms with Crippen molar-refractivity contribution in [1.29, 1.82) is 0 Å². The molecule has 0 spiro atoms. The minimum Gasteiger partial charge on any atom is -0.388 e. The van der Waals surface area contributed by atoms with E-state index in [1.54, 1.807) is 0 Å². The average Bonchev–Trinajstić information content (AvgIpc) is 2.51. The normalized spacial score (nSPS) is 24.0. The lowest BCUT2D eigenvalue weighted by Crippen LogP contribution is -2.70. The van der Waals surface area contributed by atoms with Gasteiger partial charge in [0.05, 0.1) is 0 Å². The molecule has 1 fully saturated rings. The highest BCUT2D eigenvalue weighted by atomic mass is 31.1. The predicted octanol–water partition coefficient (Wildman–Crippen LogP) is -2.17. The molecule has 0 aromatic carbocycles. The van der Waals surface area contributed by atoms with Gasteiger partial charge in [0, 0.05) is 19.6 Å². The van der Waals surface area contributed by atoms with Crippen LogP contribution in [0.1, 0.15) is 26.2 Å². The van der Waals surface area contributed by atoms with Gasteiger partial charge in [-0.05, 0) is 19.3 Å². The number of nitrogens with one attached hydrogen (secondary N) is 3. The maximum Gasteiger partial charge on any atom is 0.258 e. The van der Waals surface area contributed by atoms with Crippen LogP contribution >= 0.6 is 7.95 Å². The number of piperidine rings is 1. The minimum atomic E-state index is -2.73. The Morgan fingerprint density at radius 1 is 1.64 bits per heavy atom. The van der Waals surface area contributed by atoms with E-state index in [0.717, 1.165) is 0 Å². The number of hydrogen-bond acceptors (Lipinski definition) is 6. The van der Waals surface area contributed by atoms with E-state index >= 15 is 0 Å². The molecule has 1 rings (SSSR count). The van der Waals surface area contributed by atoms with Gasteiger partial charge in [0.2, 0.25) is 5.91 Å². The highest BCUT2D eigenvalue weighted by Crippen LogP contribution is 2.31. The van der Waals surface area contributed by atoms with Crippen molar-refractivity contribution in [3.05, 3.63) is 0 Å². The topological polar surface area (TPSA) is 160 Å². The van der Waals surface area contributed by atoms with Gasteiger partial charge in [0.25, 0.3) is 5.91 Å². The van der Waals surface area contributed by atoms with Crippen molar-refractivity contribution in [2.24, 2.45) is 11.5 Å². The smallest absolute Gasteiger partial charge is 0.258 e. The van der Waals surface area contributed by atoms with Crippen molar-refractivity contribution in [1.82, 2.24) is 15.7 Å². The van der Waals surface area contributed by atoms with Crippen molar-refractivity contribution in [2.75, 3.05) is 19.6 Å². The van der Waals surface area contributed by atoms with Gasteiger partial charge >= 0.3 is 0 Å². The summed E-state index contributed by atoms with van der Waals surface area (Å²) >= 11 is 0. The predicted molar refractivity (Wildman–Crippen MR) is 83.4 cm³/mol. The Bertz CT molecular complexity index is 436. The van der Waals surface area contributed by atoms with Crippen molar-refractivity contribution >= 4 is 19.8 Å². The van der Waals surface area contributed by atoms with Crippen LogP contribution in [0.2, 0.25) is 0 Å². The first-order valence-electron chi connectivity index (χ1n) is 7.41. The van der Waals surface area contributed by atoms with Gasteiger partial charge in [-0.1, -0.05) is 6.92 Å². The molecule has 9 nitrogen and oxygen atoms in total. The van der Waals surface area contributed by atoms with E-state index in [1.807, 2.05) is 6.92 Å². The van der Waals surface area contributed by atoms with Gasteiger partial charge in [0.1, 0.15) is 19.7 Å². The Morgan fingerprint density at radius 3 is 2.86 bits per heavy atom. The zero-order chi connectivity index (χ0) is 16.8. The maximum atomic E-state index is 12.4. The number of hydrogen-bond donors (Lipinski definition) is 6. The summed E-state index contributed by atoms with van der Waals surface area (Å²) in [6.45, 7) is 2.48. The van der Waals surface area contributed by atoms with Crippen molar-refractivity contribution in [2.45, 2.75) is 43.6 Å². The van der Waals surface area contributed by atoms with E-state index in [4.69, 9.17) is 11.5 Å². The Balaban J connectivity index is 2.85. The van der Waals surface area contributed by atoms with Crippen LogP contribution in [0.3, 0.4) is 0 Å². The summed E-state index contributed by atoms with van der Waals surface area (Å²) < 4.78 is 12.4. The summed E-state index contributed by atoms with van der Waals surface area (Å²) in [6, 6.07) is 0. The summed E-state index contributed by atoms with van der Waals surface area (Å²) in [5.74, 6) is -1.02. The number of nitrogens with two attached hydrogens (primary N) is 2. The van der Waals surface area contributed by atoms with E-state index < -0.39 is 31.3 Å². The molecule has 0 bridgehead atoms. The fourth-order valence-electron chi connectivity index (χ4n) is 2.18. The lowest BCUT2D eigenvalue weighted by Gasteiger charge is -2.34. The molecule has 0 radical (unpaired) electrons. The molecule has 4 atom stereocenters. The maximum absolute atomic E-state index is 12.4. The molecule has 0 aliphatic carbocycles. The van der Waals surface area contributed by atoms with Crippen molar-refractivity contribution in [3.63, 3.8) is 0 Å². The largest absolute Gasteiger partial charge is 0.388 e. The van der Waals surface area contributed by atoms with E-state index in [-0.39, 0.29) is 12.5 Å². The molecule has 1 aliphatic rings. The zero-order valence-electron chi connectivity index (χ0n) is 12.7. The van der Waals surface area contributed by atoms with Crippen LogP contribution in [0.5, 0.6) is 0 Å². The lowest BCUT2D eigenvalue weighted by atomic mass is 10.0. The Hall–Kier alpha value is -0.990. The standard InChI is InChI=1S/C12H26N5O4P/c1-2-5-16-11(20)12(14,9(18)7-13)17-22(21)8-4-3-6-15-10(8)19/h8-9,18,22H,2-7,13-14H2,1H3,(H,15,19)(H,16,20)(H,17,21)/t8-,9?,12?/m0/s1. The summed E-state index contributed by atoms with van der Waals surface area (Å²) in [4.78, 5) is 23.9. The second kappa shape index (κ2) is 8.59. The van der Waals surface area contributed by atoms with Crippen LogP contribution in [-0.2, 0) is 14.2 Å². The van der Waals surface area contributed by atoms with E-state index in [9.17, 15) is 19.3 Å². The molecule has 10 heteroatoms. The first-order chi connectivity index (χ1) is 10.4. The Kier molecular flexibility index (Phi) is 7.44. The highest BCUT2D eigenvalue weighted by Gasteiger charge is 2.43. The van der Waals surface area contributed by atoms with Crippen LogP contribution in [-0.4, -0.2) is 54.0 Å². The molecular weight excluding hydrogens is 309 g/mol. The minimum absolute atomic E-state index is 0.283.